The molecular formula is C13H17F4N3O. The van der Waals surface area contributed by atoms with Crippen LogP contribution in [-0.2, 0) is 10.9 Å². The molecule has 21 heavy (non-hydrogen) atoms. The fraction of sp³-hybridized carbons (Fsp3) is 0.538. The first kappa shape index (κ1) is 16.2. The van der Waals surface area contributed by atoms with Crippen molar-refractivity contribution < 1.29 is 22.3 Å². The normalized spacial score (nSPS) is 22.3. The van der Waals surface area contributed by atoms with Crippen molar-refractivity contribution in [2.24, 2.45) is 5.84 Å². The van der Waals surface area contributed by atoms with E-state index in [1.807, 2.05) is 11.9 Å². The van der Waals surface area contributed by atoms with Crippen LogP contribution in [0.1, 0.15) is 17.2 Å². The lowest BCUT2D eigenvalue weighted by atomic mass is 9.99. The van der Waals surface area contributed by atoms with Crippen LogP contribution in [0, 0.1) is 5.82 Å². The van der Waals surface area contributed by atoms with E-state index in [0.717, 1.165) is 18.7 Å². The van der Waals surface area contributed by atoms with E-state index >= 15 is 0 Å². The van der Waals surface area contributed by atoms with Crippen LogP contribution < -0.4 is 11.3 Å². The highest BCUT2D eigenvalue weighted by Gasteiger charge is 2.35. The largest absolute Gasteiger partial charge is 0.419 e. The van der Waals surface area contributed by atoms with E-state index in [-0.39, 0.29) is 6.10 Å². The Bertz CT molecular complexity index is 495. The molecule has 0 spiro atoms. The third-order valence-electron chi connectivity index (χ3n) is 3.51. The van der Waals surface area contributed by atoms with Gasteiger partial charge in [0.15, 0.2) is 0 Å². The summed E-state index contributed by atoms with van der Waals surface area (Å²) in [5.41, 5.74) is 1.53. The van der Waals surface area contributed by atoms with Crippen molar-refractivity contribution in [3.8, 4) is 0 Å². The Hall–Kier alpha value is -1.22. The second kappa shape index (κ2) is 6.27. The minimum Gasteiger partial charge on any atom is -0.374 e. The summed E-state index contributed by atoms with van der Waals surface area (Å²) in [4.78, 5) is 2.01. The van der Waals surface area contributed by atoms with E-state index in [0.29, 0.717) is 18.7 Å². The van der Waals surface area contributed by atoms with Gasteiger partial charge in [0.1, 0.15) is 5.82 Å². The minimum atomic E-state index is -4.71. The highest BCUT2D eigenvalue weighted by molar-refractivity contribution is 5.29. The molecule has 1 aliphatic heterocycles. The maximum Gasteiger partial charge on any atom is 0.419 e. The Morgan fingerprint density at radius 1 is 1.43 bits per heavy atom. The number of benzene rings is 1. The van der Waals surface area contributed by atoms with E-state index in [4.69, 9.17) is 10.6 Å². The lowest BCUT2D eigenvalue weighted by Gasteiger charge is -2.35. The summed E-state index contributed by atoms with van der Waals surface area (Å²) in [6.45, 7) is 1.80. The molecule has 1 fully saturated rings. The number of halogens is 4. The van der Waals surface area contributed by atoms with Gasteiger partial charge in [-0.15, -0.1) is 0 Å². The molecule has 2 unspecified atom stereocenters. The number of nitrogens with zero attached hydrogens (tertiary/aromatic N) is 1. The van der Waals surface area contributed by atoms with Crippen molar-refractivity contribution in [3.05, 3.63) is 35.1 Å². The fourth-order valence-corrected chi connectivity index (χ4v) is 2.39. The zero-order valence-corrected chi connectivity index (χ0v) is 11.5. The number of hydrazine groups is 1. The van der Waals surface area contributed by atoms with E-state index in [1.54, 1.807) is 0 Å². The molecule has 1 aromatic carbocycles. The summed E-state index contributed by atoms with van der Waals surface area (Å²) in [6.07, 6.45) is -5.07. The molecule has 2 rings (SSSR count). The molecule has 3 N–H and O–H groups in total. The van der Waals surface area contributed by atoms with Gasteiger partial charge in [-0.2, -0.15) is 13.2 Å². The molecule has 0 saturated carbocycles. The Labute approximate surface area is 119 Å². The van der Waals surface area contributed by atoms with Gasteiger partial charge in [-0.05, 0) is 24.7 Å². The number of ether oxygens (including phenoxy) is 1. The molecule has 1 saturated heterocycles. The summed E-state index contributed by atoms with van der Waals surface area (Å²) >= 11 is 0. The average molecular weight is 307 g/mol. The minimum absolute atomic E-state index is 0.323. The number of nitrogens with two attached hydrogens (primary N) is 1. The topological polar surface area (TPSA) is 50.5 Å². The second-order valence-corrected chi connectivity index (χ2v) is 5.05. The Morgan fingerprint density at radius 2 is 2.14 bits per heavy atom. The lowest BCUT2D eigenvalue weighted by molar-refractivity contribution is -0.140. The van der Waals surface area contributed by atoms with Gasteiger partial charge in [0.05, 0.1) is 24.3 Å². The maximum absolute atomic E-state index is 13.6. The van der Waals surface area contributed by atoms with Crippen molar-refractivity contribution in [2.75, 3.05) is 26.7 Å². The molecule has 1 aliphatic rings. The first-order valence-corrected chi connectivity index (χ1v) is 6.46. The number of alkyl halides is 3. The van der Waals surface area contributed by atoms with Crippen molar-refractivity contribution in [1.82, 2.24) is 10.3 Å². The monoisotopic (exact) mass is 307 g/mol. The Balaban J connectivity index is 2.24. The summed E-state index contributed by atoms with van der Waals surface area (Å²) in [7, 11) is 1.90. The number of morpholine rings is 1. The summed E-state index contributed by atoms with van der Waals surface area (Å²) in [5.74, 6) is 4.15. The van der Waals surface area contributed by atoms with Crippen LogP contribution in [0.4, 0.5) is 17.6 Å². The number of nitrogens with one attached hydrogen (secondary N) is 1. The van der Waals surface area contributed by atoms with Gasteiger partial charge in [-0.25, -0.2) is 4.39 Å². The Morgan fingerprint density at radius 3 is 2.67 bits per heavy atom. The molecule has 1 aromatic rings. The van der Waals surface area contributed by atoms with Crippen molar-refractivity contribution in [1.29, 1.82) is 0 Å². The van der Waals surface area contributed by atoms with Gasteiger partial charge in [0.25, 0.3) is 0 Å². The first-order valence-electron chi connectivity index (χ1n) is 6.46. The molecule has 0 bridgehead atoms. The van der Waals surface area contributed by atoms with Crippen LogP contribution >= 0.6 is 0 Å². The standard InChI is InChI=1S/C13H17F4N3O/c1-20-4-5-21-11(7-20)12(19-18)8-2-3-9(10(14)6-8)13(15,16)17/h2-3,6,11-12,19H,4-5,7,18H2,1H3. The van der Waals surface area contributed by atoms with Crippen LogP contribution in [0.25, 0.3) is 0 Å². The Kier molecular flexibility index (Phi) is 4.82. The molecule has 4 nitrogen and oxygen atoms in total. The number of hydrogen-bond donors (Lipinski definition) is 2. The zero-order chi connectivity index (χ0) is 15.6. The average Bonchev–Trinajstić information content (AvgIpc) is 2.38. The maximum atomic E-state index is 13.6. The van der Waals surface area contributed by atoms with Crippen LogP contribution in [0.5, 0.6) is 0 Å². The van der Waals surface area contributed by atoms with Crippen molar-refractivity contribution in [2.45, 2.75) is 18.3 Å². The summed E-state index contributed by atoms with van der Waals surface area (Å²) in [6, 6.07) is 2.21. The van der Waals surface area contributed by atoms with Gasteiger partial charge < -0.3 is 9.64 Å². The van der Waals surface area contributed by atoms with E-state index in [1.165, 1.54) is 6.07 Å². The summed E-state index contributed by atoms with van der Waals surface area (Å²) < 4.78 is 56.9. The number of likely N-dealkylation sites (N-methyl/N-ethyl adjacent to an activating group) is 1. The van der Waals surface area contributed by atoms with Gasteiger partial charge in [-0.1, -0.05) is 6.07 Å². The predicted octanol–water partition coefficient (Wildman–Crippen LogP) is 1.68. The fourth-order valence-electron chi connectivity index (χ4n) is 2.39. The SMILES string of the molecule is CN1CCOC(C(NN)c2ccc(C(F)(F)F)c(F)c2)C1. The summed E-state index contributed by atoms with van der Waals surface area (Å²) in [5, 5.41) is 0. The van der Waals surface area contributed by atoms with Gasteiger partial charge in [0.2, 0.25) is 0 Å². The molecule has 2 atom stereocenters. The molecule has 1 heterocycles. The quantitative estimate of drug-likeness (QED) is 0.507. The van der Waals surface area contributed by atoms with Crippen LogP contribution in [-0.4, -0.2) is 37.7 Å². The molecule has 0 aromatic heterocycles. The van der Waals surface area contributed by atoms with Gasteiger partial charge in [-0.3, -0.25) is 11.3 Å². The number of rotatable bonds is 3. The molecule has 0 aliphatic carbocycles. The third kappa shape index (κ3) is 3.70. The van der Waals surface area contributed by atoms with E-state index < -0.39 is 23.6 Å². The van der Waals surface area contributed by atoms with Crippen LogP contribution in [0.2, 0.25) is 0 Å². The first-order chi connectivity index (χ1) is 9.82. The van der Waals surface area contributed by atoms with E-state index in [9.17, 15) is 17.6 Å². The molecule has 8 heteroatoms. The molecule has 0 amide bonds. The molecular weight excluding hydrogens is 290 g/mol. The second-order valence-electron chi connectivity index (χ2n) is 5.05. The predicted molar refractivity (Wildman–Crippen MR) is 68.7 cm³/mol. The highest BCUT2D eigenvalue weighted by atomic mass is 19.4. The molecule has 0 radical (unpaired) electrons. The van der Waals surface area contributed by atoms with Gasteiger partial charge >= 0.3 is 6.18 Å². The smallest absolute Gasteiger partial charge is 0.374 e. The molecule has 118 valence electrons. The van der Waals surface area contributed by atoms with Crippen LogP contribution in [0.3, 0.4) is 0 Å². The van der Waals surface area contributed by atoms with E-state index in [2.05, 4.69) is 5.43 Å². The van der Waals surface area contributed by atoms with Crippen molar-refractivity contribution in [3.63, 3.8) is 0 Å². The highest BCUT2D eigenvalue weighted by Crippen LogP contribution is 2.33. The lowest BCUT2D eigenvalue weighted by Crippen LogP contribution is -2.48. The van der Waals surface area contributed by atoms with Gasteiger partial charge in [0, 0.05) is 13.1 Å². The van der Waals surface area contributed by atoms with Crippen LogP contribution in [0.15, 0.2) is 18.2 Å². The number of hydrogen-bond acceptors (Lipinski definition) is 4. The third-order valence-corrected chi connectivity index (χ3v) is 3.51. The van der Waals surface area contributed by atoms with Crippen molar-refractivity contribution >= 4 is 0 Å². The zero-order valence-electron chi connectivity index (χ0n) is 11.5.